The van der Waals surface area contributed by atoms with Crippen LogP contribution in [0.1, 0.15) is 43.7 Å². The topological polar surface area (TPSA) is 42.0 Å². The molecular formula is C13H20N2O. The Bertz CT molecular complexity index is 359. The van der Waals surface area contributed by atoms with Crippen LogP contribution < -0.4 is 5.32 Å². The number of pyridine rings is 1. The molecule has 0 aromatic carbocycles. The van der Waals surface area contributed by atoms with Crippen LogP contribution in [-0.2, 0) is 6.54 Å². The molecule has 0 aliphatic rings. The second-order valence-corrected chi connectivity index (χ2v) is 4.59. The average molecular weight is 220 g/mol. The summed E-state index contributed by atoms with van der Waals surface area (Å²) in [5.41, 5.74) is 1.67. The van der Waals surface area contributed by atoms with Gasteiger partial charge in [-0.1, -0.05) is 27.7 Å². The molecule has 1 N–H and O–H groups in total. The number of Topliss-reactive ketones (excluding diaryl/α,β-unsaturated/α-hetero) is 1. The van der Waals surface area contributed by atoms with E-state index in [4.69, 9.17) is 0 Å². The first kappa shape index (κ1) is 12.8. The fraction of sp³-hybridized carbons (Fsp3) is 0.538. The van der Waals surface area contributed by atoms with Crippen LogP contribution in [0.3, 0.4) is 0 Å². The summed E-state index contributed by atoms with van der Waals surface area (Å²) < 4.78 is 0. The van der Waals surface area contributed by atoms with Crippen LogP contribution in [0.2, 0.25) is 0 Å². The maximum Gasteiger partial charge on any atom is 0.165 e. The van der Waals surface area contributed by atoms with Crippen molar-refractivity contribution in [3.05, 3.63) is 29.6 Å². The van der Waals surface area contributed by atoms with E-state index in [-0.39, 0.29) is 11.7 Å². The van der Waals surface area contributed by atoms with E-state index in [1.54, 1.807) is 12.3 Å². The monoisotopic (exact) mass is 220 g/mol. The van der Waals surface area contributed by atoms with E-state index < -0.39 is 0 Å². The third kappa shape index (κ3) is 3.74. The van der Waals surface area contributed by atoms with Gasteiger partial charge in [-0.25, -0.2) is 0 Å². The minimum absolute atomic E-state index is 0.0355. The third-order valence-corrected chi connectivity index (χ3v) is 2.32. The van der Waals surface area contributed by atoms with E-state index in [9.17, 15) is 4.79 Å². The van der Waals surface area contributed by atoms with E-state index in [2.05, 4.69) is 24.1 Å². The number of carbonyl (C=O) groups is 1. The molecule has 0 spiro atoms. The van der Waals surface area contributed by atoms with Crippen molar-refractivity contribution < 1.29 is 4.79 Å². The van der Waals surface area contributed by atoms with E-state index in [1.165, 1.54) is 0 Å². The van der Waals surface area contributed by atoms with Crippen molar-refractivity contribution in [2.75, 3.05) is 0 Å². The van der Waals surface area contributed by atoms with Crippen LogP contribution in [0.25, 0.3) is 0 Å². The van der Waals surface area contributed by atoms with Gasteiger partial charge in [-0.15, -0.1) is 0 Å². The lowest BCUT2D eigenvalue weighted by Gasteiger charge is -2.09. The highest BCUT2D eigenvalue weighted by molar-refractivity contribution is 5.97. The van der Waals surface area contributed by atoms with E-state index in [1.807, 2.05) is 19.9 Å². The minimum atomic E-state index is 0.0355. The Morgan fingerprint density at radius 2 is 2.06 bits per heavy atom. The summed E-state index contributed by atoms with van der Waals surface area (Å²) in [6.07, 6.45) is 1.70. The summed E-state index contributed by atoms with van der Waals surface area (Å²) >= 11 is 0. The number of rotatable bonds is 5. The lowest BCUT2D eigenvalue weighted by atomic mass is 10.0. The molecule has 3 nitrogen and oxygen atoms in total. The van der Waals surface area contributed by atoms with Crippen molar-refractivity contribution >= 4 is 5.78 Å². The standard InChI is InChI=1S/C13H20N2O/c1-9(2)13(16)11-5-6-14-12(7-11)8-15-10(3)4/h5-7,9-10,15H,8H2,1-4H3. The molecule has 0 fully saturated rings. The molecule has 1 rings (SSSR count). The fourth-order valence-corrected chi connectivity index (χ4v) is 1.37. The number of hydrogen-bond acceptors (Lipinski definition) is 3. The van der Waals surface area contributed by atoms with E-state index in [0.717, 1.165) is 11.3 Å². The highest BCUT2D eigenvalue weighted by Crippen LogP contribution is 2.09. The van der Waals surface area contributed by atoms with Crippen molar-refractivity contribution in [3.8, 4) is 0 Å². The lowest BCUT2D eigenvalue weighted by molar-refractivity contribution is 0.0939. The van der Waals surface area contributed by atoms with Gasteiger partial charge in [0, 0.05) is 30.3 Å². The van der Waals surface area contributed by atoms with Gasteiger partial charge in [-0.05, 0) is 12.1 Å². The SMILES string of the molecule is CC(C)NCc1cc(C(=O)C(C)C)ccn1. The zero-order valence-electron chi connectivity index (χ0n) is 10.4. The number of ketones is 1. The van der Waals surface area contributed by atoms with E-state index in [0.29, 0.717) is 12.6 Å². The molecule has 0 saturated heterocycles. The van der Waals surface area contributed by atoms with Crippen LogP contribution in [0.15, 0.2) is 18.3 Å². The second-order valence-electron chi connectivity index (χ2n) is 4.59. The molecule has 0 aliphatic heterocycles. The molecule has 1 heterocycles. The van der Waals surface area contributed by atoms with Gasteiger partial charge in [0.1, 0.15) is 0 Å². The predicted octanol–water partition coefficient (Wildman–Crippen LogP) is 2.42. The maximum atomic E-state index is 11.8. The van der Waals surface area contributed by atoms with E-state index >= 15 is 0 Å². The first-order valence-electron chi connectivity index (χ1n) is 5.73. The molecule has 0 aliphatic carbocycles. The molecule has 0 radical (unpaired) electrons. The Kier molecular flexibility index (Phi) is 4.62. The average Bonchev–Trinajstić information content (AvgIpc) is 2.25. The molecule has 0 atom stereocenters. The molecule has 0 amide bonds. The molecule has 1 aromatic rings. The number of nitrogens with zero attached hydrogens (tertiary/aromatic N) is 1. The van der Waals surface area contributed by atoms with Gasteiger partial charge < -0.3 is 5.32 Å². The zero-order chi connectivity index (χ0) is 12.1. The van der Waals surface area contributed by atoms with Crippen LogP contribution >= 0.6 is 0 Å². The Morgan fingerprint density at radius 1 is 1.38 bits per heavy atom. The molecule has 88 valence electrons. The molecule has 3 heteroatoms. The smallest absolute Gasteiger partial charge is 0.165 e. The van der Waals surface area contributed by atoms with Gasteiger partial charge in [0.05, 0.1) is 5.69 Å². The second kappa shape index (κ2) is 5.75. The Labute approximate surface area is 97.3 Å². The van der Waals surface area contributed by atoms with Gasteiger partial charge in [-0.2, -0.15) is 0 Å². The Balaban J connectivity index is 2.75. The quantitative estimate of drug-likeness (QED) is 0.775. The highest BCUT2D eigenvalue weighted by atomic mass is 16.1. The summed E-state index contributed by atoms with van der Waals surface area (Å²) in [6.45, 7) is 8.70. The van der Waals surface area contributed by atoms with Crippen molar-refractivity contribution in [3.63, 3.8) is 0 Å². The van der Waals surface area contributed by atoms with Gasteiger partial charge in [0.15, 0.2) is 5.78 Å². The molecular weight excluding hydrogens is 200 g/mol. The van der Waals surface area contributed by atoms with Crippen molar-refractivity contribution in [2.24, 2.45) is 5.92 Å². The normalized spacial score (nSPS) is 11.1. The van der Waals surface area contributed by atoms with Crippen LogP contribution in [0.4, 0.5) is 0 Å². The fourth-order valence-electron chi connectivity index (χ4n) is 1.37. The highest BCUT2D eigenvalue weighted by Gasteiger charge is 2.10. The number of hydrogen-bond donors (Lipinski definition) is 1. The molecule has 16 heavy (non-hydrogen) atoms. The van der Waals surface area contributed by atoms with Gasteiger partial charge >= 0.3 is 0 Å². The first-order chi connectivity index (χ1) is 7.50. The predicted molar refractivity (Wildman–Crippen MR) is 65.4 cm³/mol. The Hall–Kier alpha value is -1.22. The third-order valence-electron chi connectivity index (χ3n) is 2.32. The number of carbonyl (C=O) groups excluding carboxylic acids is 1. The minimum Gasteiger partial charge on any atom is -0.309 e. The molecule has 0 bridgehead atoms. The molecule has 0 saturated carbocycles. The van der Waals surface area contributed by atoms with Crippen molar-refractivity contribution in [2.45, 2.75) is 40.3 Å². The summed E-state index contributed by atoms with van der Waals surface area (Å²) in [5, 5.41) is 3.28. The number of nitrogens with one attached hydrogen (secondary N) is 1. The maximum absolute atomic E-state index is 11.8. The summed E-state index contributed by atoms with van der Waals surface area (Å²) in [5.74, 6) is 0.210. The zero-order valence-corrected chi connectivity index (χ0v) is 10.4. The summed E-state index contributed by atoms with van der Waals surface area (Å²) in [6, 6.07) is 4.07. The Morgan fingerprint density at radius 3 is 2.62 bits per heavy atom. The van der Waals surface area contributed by atoms with Gasteiger partial charge in [0.2, 0.25) is 0 Å². The van der Waals surface area contributed by atoms with Crippen molar-refractivity contribution in [1.82, 2.24) is 10.3 Å². The molecule has 0 unspecified atom stereocenters. The molecule has 1 aromatic heterocycles. The van der Waals surface area contributed by atoms with Crippen LogP contribution in [0, 0.1) is 5.92 Å². The van der Waals surface area contributed by atoms with Gasteiger partial charge in [-0.3, -0.25) is 9.78 Å². The largest absolute Gasteiger partial charge is 0.309 e. The summed E-state index contributed by atoms with van der Waals surface area (Å²) in [4.78, 5) is 16.0. The van der Waals surface area contributed by atoms with Crippen molar-refractivity contribution in [1.29, 1.82) is 0 Å². The van der Waals surface area contributed by atoms with Gasteiger partial charge in [0.25, 0.3) is 0 Å². The number of aromatic nitrogens is 1. The van der Waals surface area contributed by atoms with Crippen LogP contribution in [0.5, 0.6) is 0 Å². The van der Waals surface area contributed by atoms with Crippen LogP contribution in [-0.4, -0.2) is 16.8 Å². The lowest BCUT2D eigenvalue weighted by Crippen LogP contribution is -2.22. The first-order valence-corrected chi connectivity index (χ1v) is 5.73. The summed E-state index contributed by atoms with van der Waals surface area (Å²) in [7, 11) is 0.